The molecule has 1 atom stereocenters. The first kappa shape index (κ1) is 15.9. The lowest BCUT2D eigenvalue weighted by Crippen LogP contribution is -2.44. The summed E-state index contributed by atoms with van der Waals surface area (Å²) in [6.45, 7) is -1.79. The van der Waals surface area contributed by atoms with Crippen LogP contribution in [0.25, 0.3) is 0 Å². The normalized spacial score (nSPS) is 19.7. The van der Waals surface area contributed by atoms with Gasteiger partial charge in [0.15, 0.2) is 5.78 Å². The van der Waals surface area contributed by atoms with Gasteiger partial charge >= 0.3 is 6.61 Å². The number of piperidine rings is 1. The van der Waals surface area contributed by atoms with E-state index in [4.69, 9.17) is 0 Å². The Balaban J connectivity index is 1.96. The number of hydrogen-bond donors (Lipinski definition) is 1. The number of aliphatic hydroxyl groups excluding tert-OH is 1. The summed E-state index contributed by atoms with van der Waals surface area (Å²) in [4.78, 5) is 14.2. The number of likely N-dealkylation sites (tertiary alicyclic amines) is 1. The molecule has 4 nitrogen and oxygen atoms in total. The number of aliphatic hydroxyl groups is 1. The van der Waals surface area contributed by atoms with Gasteiger partial charge in [-0.25, -0.2) is 0 Å². The molecule has 116 valence electrons. The average Bonchev–Trinajstić information content (AvgIpc) is 2.48. The van der Waals surface area contributed by atoms with Gasteiger partial charge in [0.25, 0.3) is 0 Å². The van der Waals surface area contributed by atoms with Crippen LogP contribution in [0.1, 0.15) is 29.6 Å². The summed E-state index contributed by atoms with van der Waals surface area (Å²) in [7, 11) is 0. The number of alkyl halides is 2. The molecule has 1 fully saturated rings. The summed E-state index contributed by atoms with van der Waals surface area (Å²) in [5.74, 6) is -0.0493. The van der Waals surface area contributed by atoms with Gasteiger partial charge in [-0.3, -0.25) is 9.69 Å². The van der Waals surface area contributed by atoms with Gasteiger partial charge in [0.2, 0.25) is 0 Å². The van der Waals surface area contributed by atoms with E-state index in [0.29, 0.717) is 5.56 Å². The zero-order valence-corrected chi connectivity index (χ0v) is 11.7. The van der Waals surface area contributed by atoms with Gasteiger partial charge in [-0.2, -0.15) is 8.78 Å². The third kappa shape index (κ3) is 4.47. The Hall–Kier alpha value is -1.53. The van der Waals surface area contributed by atoms with Crippen LogP contribution in [0.4, 0.5) is 8.78 Å². The maximum Gasteiger partial charge on any atom is 0.387 e. The quantitative estimate of drug-likeness (QED) is 0.819. The van der Waals surface area contributed by atoms with Crippen LogP contribution < -0.4 is 4.74 Å². The second kappa shape index (κ2) is 7.47. The highest BCUT2D eigenvalue weighted by atomic mass is 19.3. The van der Waals surface area contributed by atoms with Gasteiger partial charge in [0, 0.05) is 11.6 Å². The first-order valence-corrected chi connectivity index (χ1v) is 7.03. The van der Waals surface area contributed by atoms with Gasteiger partial charge in [0.1, 0.15) is 5.75 Å². The fraction of sp³-hybridized carbons (Fsp3) is 0.533. The van der Waals surface area contributed by atoms with Crippen molar-refractivity contribution in [3.05, 3.63) is 29.8 Å². The molecule has 0 aliphatic carbocycles. The number of ketones is 1. The Morgan fingerprint density at radius 3 is 2.67 bits per heavy atom. The fourth-order valence-corrected chi connectivity index (χ4v) is 2.57. The van der Waals surface area contributed by atoms with E-state index in [1.54, 1.807) is 0 Å². The number of hydrogen-bond acceptors (Lipinski definition) is 4. The van der Waals surface area contributed by atoms with Crippen LogP contribution in [-0.2, 0) is 0 Å². The van der Waals surface area contributed by atoms with Crippen molar-refractivity contribution < 1.29 is 23.4 Å². The van der Waals surface area contributed by atoms with E-state index in [2.05, 4.69) is 4.74 Å². The Bertz CT molecular complexity index is 464. The van der Waals surface area contributed by atoms with Crippen LogP contribution in [0, 0.1) is 0 Å². The average molecular weight is 299 g/mol. The summed E-state index contributed by atoms with van der Waals surface area (Å²) < 4.78 is 28.3. The molecule has 0 aromatic heterocycles. The minimum absolute atomic E-state index is 0.0316. The van der Waals surface area contributed by atoms with Gasteiger partial charge in [-0.1, -0.05) is 6.42 Å². The lowest BCUT2D eigenvalue weighted by molar-refractivity contribution is -0.0498. The van der Waals surface area contributed by atoms with Crippen LogP contribution in [0.5, 0.6) is 5.75 Å². The smallest absolute Gasteiger partial charge is 0.387 e. The van der Waals surface area contributed by atoms with E-state index in [0.717, 1.165) is 25.8 Å². The largest absolute Gasteiger partial charge is 0.435 e. The summed E-state index contributed by atoms with van der Waals surface area (Å²) in [6, 6.07) is 5.72. The Morgan fingerprint density at radius 2 is 2.05 bits per heavy atom. The fourth-order valence-electron chi connectivity index (χ4n) is 2.57. The van der Waals surface area contributed by atoms with Crippen molar-refractivity contribution in [2.45, 2.75) is 31.9 Å². The predicted octanol–water partition coefficient (Wildman–Crippen LogP) is 2.32. The topological polar surface area (TPSA) is 49.8 Å². The highest BCUT2D eigenvalue weighted by Gasteiger charge is 2.23. The molecule has 1 aliphatic rings. The van der Waals surface area contributed by atoms with Gasteiger partial charge in [-0.05, 0) is 43.7 Å². The van der Waals surface area contributed by atoms with E-state index in [-0.39, 0.29) is 30.7 Å². The van der Waals surface area contributed by atoms with Crippen LogP contribution >= 0.6 is 0 Å². The number of nitrogens with zero attached hydrogens (tertiary/aromatic N) is 1. The van der Waals surface area contributed by atoms with E-state index < -0.39 is 6.61 Å². The first-order chi connectivity index (χ1) is 10.1. The van der Waals surface area contributed by atoms with Gasteiger partial charge in [0.05, 0.1) is 13.2 Å². The molecule has 0 unspecified atom stereocenters. The lowest BCUT2D eigenvalue weighted by atomic mass is 10.0. The molecule has 0 bridgehead atoms. The SMILES string of the molecule is O=C(CN1CCCC[C@@H]1CO)c1ccc(OC(F)F)cc1. The molecular weight excluding hydrogens is 280 g/mol. The van der Waals surface area contributed by atoms with Crippen molar-refractivity contribution in [1.29, 1.82) is 0 Å². The zero-order valence-electron chi connectivity index (χ0n) is 11.7. The summed E-state index contributed by atoms with van der Waals surface area (Å²) in [6.07, 6.45) is 2.98. The Kier molecular flexibility index (Phi) is 5.64. The molecule has 0 amide bonds. The molecule has 6 heteroatoms. The van der Waals surface area contributed by atoms with Crippen molar-refractivity contribution in [2.24, 2.45) is 0 Å². The predicted molar refractivity (Wildman–Crippen MR) is 73.7 cm³/mol. The second-order valence-corrected chi connectivity index (χ2v) is 5.13. The third-order valence-electron chi connectivity index (χ3n) is 3.71. The monoisotopic (exact) mass is 299 g/mol. The number of benzene rings is 1. The molecule has 1 aliphatic heterocycles. The second-order valence-electron chi connectivity index (χ2n) is 5.13. The van der Waals surface area contributed by atoms with E-state index in [1.807, 2.05) is 4.90 Å². The van der Waals surface area contributed by atoms with Gasteiger partial charge in [-0.15, -0.1) is 0 Å². The van der Waals surface area contributed by atoms with Crippen molar-refractivity contribution in [3.8, 4) is 5.75 Å². The minimum atomic E-state index is -2.87. The molecule has 1 aromatic carbocycles. The molecule has 1 saturated heterocycles. The molecule has 1 N–H and O–H groups in total. The molecular formula is C15H19F2NO3. The highest BCUT2D eigenvalue weighted by Crippen LogP contribution is 2.19. The van der Waals surface area contributed by atoms with Crippen molar-refractivity contribution in [1.82, 2.24) is 4.90 Å². The summed E-state index contributed by atoms with van der Waals surface area (Å²) in [5.41, 5.74) is 0.457. The number of Topliss-reactive ketones (excluding diaryl/α,β-unsaturated/α-hetero) is 1. The van der Waals surface area contributed by atoms with Crippen LogP contribution in [-0.4, -0.2) is 48.1 Å². The molecule has 1 aromatic rings. The van der Waals surface area contributed by atoms with E-state index in [1.165, 1.54) is 24.3 Å². The van der Waals surface area contributed by atoms with Crippen LogP contribution in [0.3, 0.4) is 0 Å². The number of carbonyl (C=O) groups is 1. The third-order valence-corrected chi connectivity index (χ3v) is 3.71. The number of halogens is 2. The molecule has 2 rings (SSSR count). The van der Waals surface area contributed by atoms with Crippen LogP contribution in [0.15, 0.2) is 24.3 Å². The van der Waals surface area contributed by atoms with Crippen molar-refractivity contribution in [3.63, 3.8) is 0 Å². The standard InChI is InChI=1S/C15H19F2NO3/c16-15(17)21-13-6-4-11(5-7-13)14(20)9-18-8-2-1-3-12(18)10-19/h4-7,12,15,19H,1-3,8-10H2/t12-/m1/s1. The van der Waals surface area contributed by atoms with Gasteiger partial charge < -0.3 is 9.84 Å². The van der Waals surface area contributed by atoms with Crippen LogP contribution in [0.2, 0.25) is 0 Å². The molecule has 21 heavy (non-hydrogen) atoms. The van der Waals surface area contributed by atoms with Crippen molar-refractivity contribution >= 4 is 5.78 Å². The first-order valence-electron chi connectivity index (χ1n) is 7.03. The molecule has 0 radical (unpaired) electrons. The number of ether oxygens (including phenoxy) is 1. The summed E-state index contributed by atoms with van der Waals surface area (Å²) >= 11 is 0. The molecule has 0 saturated carbocycles. The minimum Gasteiger partial charge on any atom is -0.435 e. The molecule has 1 heterocycles. The molecule has 0 spiro atoms. The summed E-state index contributed by atoms with van der Waals surface area (Å²) in [5, 5.41) is 9.32. The van der Waals surface area contributed by atoms with Crippen molar-refractivity contribution in [2.75, 3.05) is 19.7 Å². The number of rotatable bonds is 6. The highest BCUT2D eigenvalue weighted by molar-refractivity contribution is 5.97. The lowest BCUT2D eigenvalue weighted by Gasteiger charge is -2.33. The Labute approximate surface area is 122 Å². The maximum atomic E-state index is 12.2. The van der Waals surface area contributed by atoms with E-state index >= 15 is 0 Å². The van der Waals surface area contributed by atoms with E-state index in [9.17, 15) is 18.7 Å². The maximum absolute atomic E-state index is 12.2. The zero-order chi connectivity index (χ0) is 15.2. The number of carbonyl (C=O) groups excluding carboxylic acids is 1. The Morgan fingerprint density at radius 1 is 1.33 bits per heavy atom.